The van der Waals surface area contributed by atoms with Gasteiger partial charge in [-0.05, 0) is 24.3 Å². The van der Waals surface area contributed by atoms with Crippen molar-refractivity contribution in [1.82, 2.24) is 4.90 Å². The van der Waals surface area contributed by atoms with Crippen molar-refractivity contribution in [2.45, 2.75) is 12.6 Å². The first-order valence-electron chi connectivity index (χ1n) is 6.22. The standard InChI is InChI=1S/C14H15F3N2O2/c1-21-10-9-19(8-2-7-18)13(20)11-3-5-12(6-4-11)14(15,16)17/h3-6H,2,8-10H2,1H3. The van der Waals surface area contributed by atoms with Crippen LogP contribution in [0.5, 0.6) is 0 Å². The Morgan fingerprint density at radius 3 is 2.38 bits per heavy atom. The Bertz CT molecular complexity index is 506. The monoisotopic (exact) mass is 300 g/mol. The molecule has 1 rings (SSSR count). The second kappa shape index (κ2) is 7.64. The molecule has 21 heavy (non-hydrogen) atoms. The minimum absolute atomic E-state index is 0.149. The lowest BCUT2D eigenvalue weighted by molar-refractivity contribution is -0.137. The zero-order valence-electron chi connectivity index (χ0n) is 11.5. The van der Waals surface area contributed by atoms with Crippen molar-refractivity contribution in [3.63, 3.8) is 0 Å². The Morgan fingerprint density at radius 2 is 1.90 bits per heavy atom. The van der Waals surface area contributed by atoms with Crippen LogP contribution in [0.1, 0.15) is 22.3 Å². The first kappa shape index (κ1) is 17.0. The highest BCUT2D eigenvalue weighted by atomic mass is 19.4. The number of nitriles is 1. The smallest absolute Gasteiger partial charge is 0.383 e. The number of benzene rings is 1. The van der Waals surface area contributed by atoms with E-state index in [1.807, 2.05) is 6.07 Å². The van der Waals surface area contributed by atoms with E-state index in [2.05, 4.69) is 0 Å². The molecular formula is C14H15F3N2O2. The summed E-state index contributed by atoms with van der Waals surface area (Å²) in [5.41, 5.74) is -0.656. The summed E-state index contributed by atoms with van der Waals surface area (Å²) in [6.07, 6.45) is -4.28. The highest BCUT2D eigenvalue weighted by Crippen LogP contribution is 2.29. The number of hydrogen-bond donors (Lipinski definition) is 0. The van der Waals surface area contributed by atoms with E-state index in [9.17, 15) is 18.0 Å². The molecule has 0 aromatic heterocycles. The Labute approximate surface area is 120 Å². The van der Waals surface area contributed by atoms with Gasteiger partial charge in [0.2, 0.25) is 0 Å². The molecule has 0 aliphatic carbocycles. The van der Waals surface area contributed by atoms with E-state index in [4.69, 9.17) is 10.00 Å². The molecule has 4 nitrogen and oxygen atoms in total. The van der Waals surface area contributed by atoms with Gasteiger partial charge in [-0.15, -0.1) is 0 Å². The minimum Gasteiger partial charge on any atom is -0.383 e. The normalized spacial score (nSPS) is 11.0. The average molecular weight is 300 g/mol. The summed E-state index contributed by atoms with van der Waals surface area (Å²) >= 11 is 0. The topological polar surface area (TPSA) is 53.3 Å². The van der Waals surface area contributed by atoms with Gasteiger partial charge in [-0.25, -0.2) is 0 Å². The highest BCUT2D eigenvalue weighted by molar-refractivity contribution is 5.94. The third-order valence-electron chi connectivity index (χ3n) is 2.81. The second-order valence-corrected chi connectivity index (χ2v) is 4.27. The zero-order valence-corrected chi connectivity index (χ0v) is 11.5. The lowest BCUT2D eigenvalue weighted by Crippen LogP contribution is -2.34. The molecule has 0 aliphatic heterocycles. The van der Waals surface area contributed by atoms with Crippen LogP contribution in [-0.4, -0.2) is 37.6 Å². The molecule has 1 amide bonds. The number of ether oxygens (including phenoxy) is 1. The Hall–Kier alpha value is -2.07. The maximum Gasteiger partial charge on any atom is 0.416 e. The second-order valence-electron chi connectivity index (χ2n) is 4.27. The minimum atomic E-state index is -4.43. The summed E-state index contributed by atoms with van der Waals surface area (Å²) in [4.78, 5) is 13.6. The van der Waals surface area contributed by atoms with Crippen molar-refractivity contribution < 1.29 is 22.7 Å². The summed E-state index contributed by atoms with van der Waals surface area (Å²) < 4.78 is 42.3. The molecule has 1 aromatic carbocycles. The van der Waals surface area contributed by atoms with E-state index >= 15 is 0 Å². The molecule has 0 saturated carbocycles. The third kappa shape index (κ3) is 5.08. The first-order chi connectivity index (χ1) is 9.90. The highest BCUT2D eigenvalue weighted by Gasteiger charge is 2.30. The molecule has 0 atom stereocenters. The van der Waals surface area contributed by atoms with E-state index in [0.29, 0.717) is 0 Å². The maximum atomic E-state index is 12.5. The molecule has 114 valence electrons. The zero-order chi connectivity index (χ0) is 15.9. The van der Waals surface area contributed by atoms with E-state index in [-0.39, 0.29) is 31.7 Å². The number of nitrogens with zero attached hydrogens (tertiary/aromatic N) is 2. The average Bonchev–Trinajstić information content (AvgIpc) is 2.46. The lowest BCUT2D eigenvalue weighted by Gasteiger charge is -2.21. The Kier molecular flexibility index (Phi) is 6.18. The van der Waals surface area contributed by atoms with Crippen LogP contribution < -0.4 is 0 Å². The molecule has 0 saturated heterocycles. The van der Waals surface area contributed by atoms with Gasteiger partial charge in [-0.1, -0.05) is 0 Å². The summed E-state index contributed by atoms with van der Waals surface area (Å²) in [6.45, 7) is 0.773. The fourth-order valence-corrected chi connectivity index (χ4v) is 1.69. The summed E-state index contributed by atoms with van der Waals surface area (Å²) in [6, 6.07) is 5.93. The number of alkyl halides is 3. The van der Waals surface area contributed by atoms with E-state index in [1.54, 1.807) is 0 Å². The van der Waals surface area contributed by atoms with Gasteiger partial charge in [0.25, 0.3) is 5.91 Å². The number of carbonyl (C=O) groups excluding carboxylic acids is 1. The van der Waals surface area contributed by atoms with Crippen molar-refractivity contribution in [1.29, 1.82) is 5.26 Å². The van der Waals surface area contributed by atoms with Crippen LogP contribution in [-0.2, 0) is 10.9 Å². The van der Waals surface area contributed by atoms with Gasteiger partial charge in [0.05, 0.1) is 24.7 Å². The van der Waals surface area contributed by atoms with Gasteiger partial charge in [0, 0.05) is 25.8 Å². The summed E-state index contributed by atoms with van der Waals surface area (Å²) in [5, 5.41) is 8.57. The van der Waals surface area contributed by atoms with Gasteiger partial charge in [-0.2, -0.15) is 18.4 Å². The fourth-order valence-electron chi connectivity index (χ4n) is 1.69. The van der Waals surface area contributed by atoms with Crippen molar-refractivity contribution in [3.05, 3.63) is 35.4 Å². The molecule has 0 heterocycles. The fraction of sp³-hybridized carbons (Fsp3) is 0.429. The van der Waals surface area contributed by atoms with Gasteiger partial charge < -0.3 is 9.64 Å². The number of amides is 1. The van der Waals surface area contributed by atoms with Crippen LogP contribution >= 0.6 is 0 Å². The molecular weight excluding hydrogens is 285 g/mol. The molecule has 1 aromatic rings. The molecule has 0 spiro atoms. The van der Waals surface area contributed by atoms with Crippen molar-refractivity contribution in [2.75, 3.05) is 26.8 Å². The summed E-state index contributed by atoms with van der Waals surface area (Å²) in [5.74, 6) is -0.420. The van der Waals surface area contributed by atoms with E-state index < -0.39 is 17.6 Å². The molecule has 0 radical (unpaired) electrons. The molecule has 0 bridgehead atoms. The van der Waals surface area contributed by atoms with Crippen LogP contribution in [0.2, 0.25) is 0 Å². The Morgan fingerprint density at radius 1 is 1.29 bits per heavy atom. The first-order valence-corrected chi connectivity index (χ1v) is 6.22. The number of carbonyl (C=O) groups is 1. The lowest BCUT2D eigenvalue weighted by atomic mass is 10.1. The van der Waals surface area contributed by atoms with Crippen LogP contribution in [0, 0.1) is 11.3 Å². The molecule has 0 unspecified atom stereocenters. The molecule has 0 fully saturated rings. The quantitative estimate of drug-likeness (QED) is 0.811. The number of rotatable bonds is 6. The molecule has 7 heteroatoms. The number of hydrogen-bond acceptors (Lipinski definition) is 3. The Balaban J connectivity index is 2.85. The SMILES string of the molecule is COCCN(CCC#N)C(=O)c1ccc(C(F)(F)F)cc1. The van der Waals surface area contributed by atoms with E-state index in [0.717, 1.165) is 24.3 Å². The van der Waals surface area contributed by atoms with Crippen LogP contribution in [0.4, 0.5) is 13.2 Å². The van der Waals surface area contributed by atoms with Crippen LogP contribution in [0.3, 0.4) is 0 Å². The van der Waals surface area contributed by atoms with Crippen LogP contribution in [0.25, 0.3) is 0 Å². The third-order valence-corrected chi connectivity index (χ3v) is 2.81. The number of halogens is 3. The van der Waals surface area contributed by atoms with Gasteiger partial charge >= 0.3 is 6.18 Å². The van der Waals surface area contributed by atoms with Crippen molar-refractivity contribution in [3.8, 4) is 6.07 Å². The largest absolute Gasteiger partial charge is 0.416 e. The molecule has 0 N–H and O–H groups in total. The molecule has 0 aliphatic rings. The van der Waals surface area contributed by atoms with Gasteiger partial charge in [0.15, 0.2) is 0 Å². The van der Waals surface area contributed by atoms with Gasteiger partial charge in [-0.3, -0.25) is 4.79 Å². The van der Waals surface area contributed by atoms with Gasteiger partial charge in [0.1, 0.15) is 0 Å². The number of methoxy groups -OCH3 is 1. The van der Waals surface area contributed by atoms with Crippen LogP contribution in [0.15, 0.2) is 24.3 Å². The predicted molar refractivity (Wildman–Crippen MR) is 69.5 cm³/mol. The maximum absolute atomic E-state index is 12.5. The van der Waals surface area contributed by atoms with Crippen molar-refractivity contribution in [2.24, 2.45) is 0 Å². The van der Waals surface area contributed by atoms with Crippen molar-refractivity contribution >= 4 is 5.91 Å². The van der Waals surface area contributed by atoms with E-state index in [1.165, 1.54) is 12.0 Å². The summed E-state index contributed by atoms with van der Waals surface area (Å²) in [7, 11) is 1.48. The predicted octanol–water partition coefficient (Wildman–Crippen LogP) is 2.71.